The quantitative estimate of drug-likeness (QED) is 0.632. The van der Waals surface area contributed by atoms with Crippen LogP contribution in [0.5, 0.6) is 0 Å². The van der Waals surface area contributed by atoms with E-state index in [1.54, 1.807) is 0 Å². The minimum Gasteiger partial charge on any atom is -0.300 e. The Kier molecular flexibility index (Phi) is 3.45. The van der Waals surface area contributed by atoms with Gasteiger partial charge in [0.05, 0.1) is 6.10 Å². The van der Waals surface area contributed by atoms with Crippen molar-refractivity contribution in [1.29, 1.82) is 0 Å². The Morgan fingerprint density at radius 1 is 1.00 bits per heavy atom. The van der Waals surface area contributed by atoms with E-state index in [0.29, 0.717) is 0 Å². The second kappa shape index (κ2) is 4.63. The zero-order chi connectivity index (χ0) is 9.97. The maximum absolute atomic E-state index is 11.2. The summed E-state index contributed by atoms with van der Waals surface area (Å²) < 4.78 is 0. The van der Waals surface area contributed by atoms with E-state index in [-0.39, 0.29) is 6.10 Å². The average Bonchev–Trinajstić information content (AvgIpc) is 2.20. The fraction of sp³-hybridized carbons (Fsp3) is 1.00. The molecule has 2 unspecified atom stereocenters. The molecule has 2 nitrogen and oxygen atoms in total. The third-order valence-electron chi connectivity index (χ3n) is 4.01. The van der Waals surface area contributed by atoms with Crippen LogP contribution in [-0.4, -0.2) is 30.1 Å². The summed E-state index contributed by atoms with van der Waals surface area (Å²) in [6.07, 6.45) is 7.05. The van der Waals surface area contributed by atoms with Crippen LogP contribution in [0.3, 0.4) is 0 Å². The second-order valence-electron chi connectivity index (χ2n) is 5.06. The molecule has 2 heteroatoms. The summed E-state index contributed by atoms with van der Waals surface area (Å²) in [5, 5.41) is 11.2. The van der Waals surface area contributed by atoms with Gasteiger partial charge in [0.1, 0.15) is 0 Å². The van der Waals surface area contributed by atoms with Crippen LogP contribution in [0.1, 0.15) is 45.4 Å². The van der Waals surface area contributed by atoms with Gasteiger partial charge in [-0.15, -0.1) is 0 Å². The number of hydrogen-bond acceptors (Lipinski definition) is 1. The van der Waals surface area contributed by atoms with Gasteiger partial charge in [0.2, 0.25) is 0 Å². The fourth-order valence-electron chi connectivity index (χ4n) is 3.05. The van der Waals surface area contributed by atoms with Crippen molar-refractivity contribution in [1.82, 2.24) is 4.90 Å². The maximum atomic E-state index is 11.2. The molecule has 0 spiro atoms. The van der Waals surface area contributed by atoms with E-state index in [2.05, 4.69) is 11.8 Å². The number of hydrogen-bond donors (Lipinski definition) is 0. The van der Waals surface area contributed by atoms with Crippen LogP contribution in [0.15, 0.2) is 0 Å². The molecule has 2 rings (SSSR count). The van der Waals surface area contributed by atoms with Gasteiger partial charge < -0.3 is 0 Å². The van der Waals surface area contributed by atoms with Gasteiger partial charge in [-0.1, -0.05) is 19.8 Å². The third kappa shape index (κ3) is 2.29. The zero-order valence-corrected chi connectivity index (χ0v) is 9.24. The fourth-order valence-corrected chi connectivity index (χ4v) is 3.05. The summed E-state index contributed by atoms with van der Waals surface area (Å²) in [4.78, 5) is 2.58. The highest BCUT2D eigenvalue weighted by Crippen LogP contribution is 2.29. The second-order valence-corrected chi connectivity index (χ2v) is 5.06. The van der Waals surface area contributed by atoms with Gasteiger partial charge in [-0.2, -0.15) is 0 Å². The molecule has 0 N–H and O–H groups in total. The molecule has 1 aliphatic heterocycles. The van der Waals surface area contributed by atoms with Crippen molar-refractivity contribution in [3.8, 4) is 0 Å². The van der Waals surface area contributed by atoms with Crippen molar-refractivity contribution >= 4 is 0 Å². The Morgan fingerprint density at radius 3 is 2.29 bits per heavy atom. The Balaban J connectivity index is 1.87. The first-order chi connectivity index (χ1) is 6.77. The highest BCUT2D eigenvalue weighted by atomic mass is 16.3. The molecular weight excluding hydrogens is 174 g/mol. The van der Waals surface area contributed by atoms with Gasteiger partial charge in [-0.05, 0) is 31.6 Å². The molecule has 0 amide bonds. The molecule has 2 aliphatic rings. The number of nitrogens with zero attached hydrogens (tertiary/aromatic N) is 1. The van der Waals surface area contributed by atoms with Gasteiger partial charge in [0.15, 0.2) is 0 Å². The molecule has 0 aromatic carbocycles. The van der Waals surface area contributed by atoms with E-state index in [4.69, 9.17) is 0 Å². The summed E-state index contributed by atoms with van der Waals surface area (Å²) >= 11 is 0. The molecule has 1 aliphatic carbocycles. The van der Waals surface area contributed by atoms with E-state index >= 15 is 0 Å². The standard InChI is InChI=1S/C12H22NO/c1-10-4-2-3-5-12(10)13-8-6-11(14)7-9-13/h10-12H,2-9H2,1H3. The van der Waals surface area contributed by atoms with Crippen LogP contribution in [0.25, 0.3) is 0 Å². The van der Waals surface area contributed by atoms with Gasteiger partial charge in [-0.3, -0.25) is 4.90 Å². The topological polar surface area (TPSA) is 23.1 Å². The molecule has 1 radical (unpaired) electrons. The summed E-state index contributed by atoms with van der Waals surface area (Å²) in [5.41, 5.74) is 0. The Hall–Kier alpha value is -0.0800. The lowest BCUT2D eigenvalue weighted by atomic mass is 9.84. The van der Waals surface area contributed by atoms with Crippen molar-refractivity contribution in [2.24, 2.45) is 5.92 Å². The van der Waals surface area contributed by atoms with E-state index in [1.807, 2.05) is 0 Å². The first kappa shape index (κ1) is 10.4. The Morgan fingerprint density at radius 2 is 1.64 bits per heavy atom. The van der Waals surface area contributed by atoms with Gasteiger partial charge in [0.25, 0.3) is 0 Å². The van der Waals surface area contributed by atoms with Crippen LogP contribution in [-0.2, 0) is 5.11 Å². The summed E-state index contributed by atoms with van der Waals surface area (Å²) in [5.74, 6) is 0.854. The van der Waals surface area contributed by atoms with Crippen molar-refractivity contribution in [2.75, 3.05) is 13.1 Å². The lowest BCUT2D eigenvalue weighted by molar-refractivity contribution is -0.000104. The first-order valence-corrected chi connectivity index (χ1v) is 6.17. The van der Waals surface area contributed by atoms with Gasteiger partial charge in [-0.25, -0.2) is 5.11 Å². The molecule has 0 aromatic rings. The molecule has 2 fully saturated rings. The predicted molar refractivity (Wildman–Crippen MR) is 56.7 cm³/mol. The minimum atomic E-state index is -0.273. The molecule has 81 valence electrons. The van der Waals surface area contributed by atoms with Crippen molar-refractivity contribution in [3.05, 3.63) is 0 Å². The van der Waals surface area contributed by atoms with Crippen LogP contribution in [0.4, 0.5) is 0 Å². The minimum absolute atomic E-state index is 0.273. The van der Waals surface area contributed by atoms with Gasteiger partial charge in [0, 0.05) is 19.1 Å². The maximum Gasteiger partial charge on any atom is 0.0954 e. The monoisotopic (exact) mass is 196 g/mol. The SMILES string of the molecule is CC1CCCCC1N1CCC([O])CC1. The van der Waals surface area contributed by atoms with E-state index in [0.717, 1.165) is 37.9 Å². The van der Waals surface area contributed by atoms with Gasteiger partial charge >= 0.3 is 0 Å². The summed E-state index contributed by atoms with van der Waals surface area (Å²) in [7, 11) is 0. The van der Waals surface area contributed by atoms with Crippen LogP contribution < -0.4 is 0 Å². The third-order valence-corrected chi connectivity index (χ3v) is 4.01. The van der Waals surface area contributed by atoms with Crippen LogP contribution >= 0.6 is 0 Å². The highest BCUT2D eigenvalue weighted by molar-refractivity contribution is 4.84. The molecular formula is C12H22NO. The smallest absolute Gasteiger partial charge is 0.0954 e. The first-order valence-electron chi connectivity index (χ1n) is 6.17. The van der Waals surface area contributed by atoms with Crippen molar-refractivity contribution < 1.29 is 5.11 Å². The lowest BCUT2D eigenvalue weighted by Crippen LogP contribution is -2.46. The number of likely N-dealkylation sites (tertiary alicyclic amines) is 1. The van der Waals surface area contributed by atoms with E-state index in [9.17, 15) is 5.11 Å². The zero-order valence-electron chi connectivity index (χ0n) is 9.24. The molecule has 14 heavy (non-hydrogen) atoms. The molecule has 0 aromatic heterocycles. The number of piperidine rings is 1. The molecule has 1 saturated carbocycles. The lowest BCUT2D eigenvalue weighted by Gasteiger charge is -2.41. The predicted octanol–water partition coefficient (Wildman–Crippen LogP) is 2.46. The highest BCUT2D eigenvalue weighted by Gasteiger charge is 2.29. The van der Waals surface area contributed by atoms with Crippen LogP contribution in [0.2, 0.25) is 0 Å². The normalized spacial score (nSPS) is 37.3. The van der Waals surface area contributed by atoms with E-state index < -0.39 is 0 Å². The summed E-state index contributed by atoms with van der Waals surface area (Å²) in [6, 6.07) is 0.788. The number of rotatable bonds is 1. The summed E-state index contributed by atoms with van der Waals surface area (Å²) in [6.45, 7) is 4.50. The molecule has 1 saturated heterocycles. The largest absolute Gasteiger partial charge is 0.300 e. The van der Waals surface area contributed by atoms with Crippen LogP contribution in [0, 0.1) is 5.92 Å². The average molecular weight is 196 g/mol. The molecule has 1 heterocycles. The molecule has 0 bridgehead atoms. The molecule has 2 atom stereocenters. The Labute approximate surface area is 87.3 Å². The van der Waals surface area contributed by atoms with E-state index in [1.165, 1.54) is 25.7 Å². The van der Waals surface area contributed by atoms with Crippen molar-refractivity contribution in [2.45, 2.75) is 57.6 Å². The van der Waals surface area contributed by atoms with Crippen molar-refractivity contribution in [3.63, 3.8) is 0 Å². The Bertz CT molecular complexity index is 175.